The largest absolute Gasteiger partial charge is 0.398 e. The molecule has 108 valence electrons. The summed E-state index contributed by atoms with van der Waals surface area (Å²) < 4.78 is 0. The van der Waals surface area contributed by atoms with E-state index in [1.54, 1.807) is 18.2 Å². The summed E-state index contributed by atoms with van der Waals surface area (Å²) in [6.07, 6.45) is 0.821. The van der Waals surface area contributed by atoms with Gasteiger partial charge < -0.3 is 11.1 Å². The van der Waals surface area contributed by atoms with E-state index in [4.69, 9.17) is 11.1 Å². The molecule has 2 aromatic rings. The van der Waals surface area contributed by atoms with E-state index < -0.39 is 5.91 Å². The third kappa shape index (κ3) is 3.11. The molecular formula is C17H19N3O. The summed E-state index contributed by atoms with van der Waals surface area (Å²) in [5, 5.41) is 10.9. The maximum atomic E-state index is 12.3. The van der Waals surface area contributed by atoms with Gasteiger partial charge in [0, 0.05) is 16.9 Å². The van der Waals surface area contributed by atoms with Gasteiger partial charge in [0.25, 0.3) is 5.91 Å². The van der Waals surface area contributed by atoms with E-state index in [-0.39, 0.29) is 5.71 Å². The van der Waals surface area contributed by atoms with Crippen molar-refractivity contribution in [1.29, 1.82) is 5.41 Å². The van der Waals surface area contributed by atoms with Crippen LogP contribution in [0.1, 0.15) is 23.6 Å². The van der Waals surface area contributed by atoms with Gasteiger partial charge in [-0.2, -0.15) is 0 Å². The summed E-state index contributed by atoms with van der Waals surface area (Å²) in [6.45, 7) is 3.84. The van der Waals surface area contributed by atoms with Crippen molar-refractivity contribution < 1.29 is 4.79 Å². The van der Waals surface area contributed by atoms with E-state index in [0.29, 0.717) is 11.3 Å². The molecule has 0 unspecified atom stereocenters. The molecule has 1 amide bonds. The molecule has 0 saturated carbocycles. The van der Waals surface area contributed by atoms with E-state index >= 15 is 0 Å². The molecule has 0 fully saturated rings. The van der Waals surface area contributed by atoms with Gasteiger partial charge in [0.1, 0.15) is 5.71 Å². The molecule has 0 atom stereocenters. The Labute approximate surface area is 124 Å². The molecule has 4 N–H and O–H groups in total. The van der Waals surface area contributed by atoms with Gasteiger partial charge in [-0.15, -0.1) is 0 Å². The number of benzene rings is 2. The number of anilines is 2. The number of hydrogen-bond donors (Lipinski definition) is 3. The molecule has 2 rings (SSSR count). The van der Waals surface area contributed by atoms with Crippen molar-refractivity contribution in [1.82, 2.24) is 0 Å². The highest BCUT2D eigenvalue weighted by atomic mass is 16.1. The monoisotopic (exact) mass is 281 g/mol. The molecule has 0 aliphatic carbocycles. The summed E-state index contributed by atoms with van der Waals surface area (Å²) in [6, 6.07) is 12.8. The van der Waals surface area contributed by atoms with Gasteiger partial charge in [-0.1, -0.05) is 37.3 Å². The Morgan fingerprint density at radius 3 is 2.62 bits per heavy atom. The molecule has 2 aromatic carbocycles. The Morgan fingerprint density at radius 1 is 1.19 bits per heavy atom. The number of carbonyl (C=O) groups excluding carboxylic acids is 1. The highest BCUT2D eigenvalue weighted by Crippen LogP contribution is 2.18. The van der Waals surface area contributed by atoms with Crippen LogP contribution in [0.4, 0.5) is 11.4 Å². The van der Waals surface area contributed by atoms with Gasteiger partial charge in [-0.05, 0) is 36.6 Å². The first kappa shape index (κ1) is 14.8. The predicted octanol–water partition coefficient (Wildman–Crippen LogP) is 3.15. The second-order valence-corrected chi connectivity index (χ2v) is 4.86. The second-order valence-electron chi connectivity index (χ2n) is 4.86. The highest BCUT2D eigenvalue weighted by Gasteiger charge is 2.16. The lowest BCUT2D eigenvalue weighted by atomic mass is 10.0. The van der Waals surface area contributed by atoms with E-state index in [1.807, 2.05) is 38.1 Å². The van der Waals surface area contributed by atoms with E-state index in [2.05, 4.69) is 5.32 Å². The smallest absolute Gasteiger partial charge is 0.274 e. The minimum atomic E-state index is -0.426. The van der Waals surface area contributed by atoms with Gasteiger partial charge in [0.15, 0.2) is 0 Å². The molecular weight excluding hydrogens is 262 g/mol. The quantitative estimate of drug-likeness (QED) is 0.594. The second kappa shape index (κ2) is 6.22. The fourth-order valence-electron chi connectivity index (χ4n) is 2.18. The van der Waals surface area contributed by atoms with Crippen molar-refractivity contribution in [3.8, 4) is 0 Å². The van der Waals surface area contributed by atoms with Gasteiger partial charge >= 0.3 is 0 Å². The molecule has 4 heteroatoms. The number of para-hydroxylation sites is 1. The van der Waals surface area contributed by atoms with Crippen LogP contribution in [0.2, 0.25) is 0 Å². The minimum absolute atomic E-state index is 0.0780. The molecule has 0 saturated heterocycles. The van der Waals surface area contributed by atoms with Crippen molar-refractivity contribution in [2.45, 2.75) is 20.3 Å². The molecule has 0 aliphatic heterocycles. The SMILES string of the molecule is CCc1ccccc1NC(=O)C(=N)c1cccc(N)c1C. The van der Waals surface area contributed by atoms with Gasteiger partial charge in [0.2, 0.25) is 0 Å². The number of rotatable bonds is 4. The first-order chi connectivity index (χ1) is 10.0. The van der Waals surface area contributed by atoms with Crippen LogP contribution in [0.15, 0.2) is 42.5 Å². The Bertz CT molecular complexity index is 692. The van der Waals surface area contributed by atoms with E-state index in [1.165, 1.54) is 0 Å². The molecule has 0 radical (unpaired) electrons. The average Bonchev–Trinajstić information content (AvgIpc) is 2.50. The van der Waals surface area contributed by atoms with E-state index in [0.717, 1.165) is 23.2 Å². The zero-order valence-electron chi connectivity index (χ0n) is 12.2. The number of carbonyl (C=O) groups is 1. The van der Waals surface area contributed by atoms with E-state index in [9.17, 15) is 4.79 Å². The summed E-state index contributed by atoms with van der Waals surface area (Å²) in [5.74, 6) is -0.426. The molecule has 0 aliphatic rings. The highest BCUT2D eigenvalue weighted by molar-refractivity contribution is 6.48. The predicted molar refractivity (Wildman–Crippen MR) is 86.9 cm³/mol. The molecule has 0 aromatic heterocycles. The minimum Gasteiger partial charge on any atom is -0.398 e. The first-order valence-corrected chi connectivity index (χ1v) is 6.87. The molecule has 0 spiro atoms. The van der Waals surface area contributed by atoms with Crippen LogP contribution in [0.3, 0.4) is 0 Å². The normalized spacial score (nSPS) is 10.2. The fraction of sp³-hybridized carbons (Fsp3) is 0.176. The lowest BCUT2D eigenvalue weighted by Gasteiger charge is -2.12. The Balaban J connectivity index is 2.24. The standard InChI is InChI=1S/C17H19N3O/c1-3-12-7-4-5-10-15(12)20-17(21)16(19)13-8-6-9-14(18)11(13)2/h4-10,19H,3,18H2,1-2H3,(H,20,21). The maximum absolute atomic E-state index is 12.3. The summed E-state index contributed by atoms with van der Waals surface area (Å²) in [4.78, 5) is 12.3. The van der Waals surface area contributed by atoms with Crippen molar-refractivity contribution in [3.05, 3.63) is 59.2 Å². The van der Waals surface area contributed by atoms with Crippen LogP contribution in [0.25, 0.3) is 0 Å². The fourth-order valence-corrected chi connectivity index (χ4v) is 2.18. The number of amides is 1. The maximum Gasteiger partial charge on any atom is 0.274 e. The number of hydrogen-bond acceptors (Lipinski definition) is 3. The lowest BCUT2D eigenvalue weighted by Crippen LogP contribution is -2.24. The van der Waals surface area contributed by atoms with Crippen molar-refractivity contribution in [2.24, 2.45) is 0 Å². The average molecular weight is 281 g/mol. The third-order valence-corrected chi connectivity index (χ3v) is 3.52. The number of nitrogens with one attached hydrogen (secondary N) is 2. The molecule has 4 nitrogen and oxygen atoms in total. The summed E-state index contributed by atoms with van der Waals surface area (Å²) in [7, 11) is 0. The Kier molecular flexibility index (Phi) is 4.38. The zero-order valence-corrected chi connectivity index (χ0v) is 12.2. The van der Waals surface area contributed by atoms with Crippen LogP contribution in [-0.4, -0.2) is 11.6 Å². The van der Waals surface area contributed by atoms with Crippen molar-refractivity contribution in [2.75, 3.05) is 11.1 Å². The van der Waals surface area contributed by atoms with Crippen molar-refractivity contribution >= 4 is 23.0 Å². The number of aryl methyl sites for hydroxylation is 1. The number of nitrogen functional groups attached to an aromatic ring is 1. The van der Waals surface area contributed by atoms with Crippen LogP contribution in [0, 0.1) is 12.3 Å². The van der Waals surface area contributed by atoms with Gasteiger partial charge in [-0.3, -0.25) is 10.2 Å². The zero-order chi connectivity index (χ0) is 15.4. The Hall–Kier alpha value is -2.62. The first-order valence-electron chi connectivity index (χ1n) is 6.87. The Morgan fingerprint density at radius 2 is 1.90 bits per heavy atom. The van der Waals surface area contributed by atoms with Gasteiger partial charge in [-0.25, -0.2) is 0 Å². The molecule has 0 heterocycles. The number of nitrogens with two attached hydrogens (primary N) is 1. The van der Waals surface area contributed by atoms with Crippen LogP contribution in [0.5, 0.6) is 0 Å². The molecule has 21 heavy (non-hydrogen) atoms. The van der Waals surface area contributed by atoms with Crippen LogP contribution < -0.4 is 11.1 Å². The topological polar surface area (TPSA) is 79.0 Å². The molecule has 0 bridgehead atoms. The van der Waals surface area contributed by atoms with Crippen LogP contribution >= 0.6 is 0 Å². The lowest BCUT2D eigenvalue weighted by molar-refractivity contribution is -0.110. The van der Waals surface area contributed by atoms with Crippen molar-refractivity contribution in [3.63, 3.8) is 0 Å². The summed E-state index contributed by atoms with van der Waals surface area (Å²) in [5.41, 5.74) is 9.43. The van der Waals surface area contributed by atoms with Crippen LogP contribution in [-0.2, 0) is 11.2 Å². The van der Waals surface area contributed by atoms with Gasteiger partial charge in [0.05, 0.1) is 0 Å². The third-order valence-electron chi connectivity index (χ3n) is 3.52. The summed E-state index contributed by atoms with van der Waals surface area (Å²) >= 11 is 0.